The summed E-state index contributed by atoms with van der Waals surface area (Å²) in [6.07, 6.45) is 2.59. The number of hydrogen-bond acceptors (Lipinski definition) is 2. The molecule has 0 bridgehead atoms. The summed E-state index contributed by atoms with van der Waals surface area (Å²) in [4.78, 5) is 0. The van der Waals surface area contributed by atoms with Gasteiger partial charge in [0, 0.05) is 23.2 Å². The molecule has 1 aliphatic carbocycles. The predicted octanol–water partition coefficient (Wildman–Crippen LogP) is 4.58. The van der Waals surface area contributed by atoms with Gasteiger partial charge >= 0.3 is 0 Å². The monoisotopic (exact) mass is 301 g/mol. The topological polar surface area (TPSA) is 21.3 Å². The molecular formula is C18H20ClNO. The largest absolute Gasteiger partial charge is 0.496 e. The fourth-order valence-electron chi connectivity index (χ4n) is 2.53. The van der Waals surface area contributed by atoms with Gasteiger partial charge in [-0.2, -0.15) is 0 Å². The minimum atomic E-state index is 0.695. The lowest BCUT2D eigenvalue weighted by atomic mass is 9.96. The Kier molecular flexibility index (Phi) is 4.18. The molecule has 3 rings (SSSR count). The number of aryl methyl sites for hydroxylation is 1. The first-order valence-corrected chi connectivity index (χ1v) is 7.72. The Morgan fingerprint density at radius 2 is 1.95 bits per heavy atom. The number of benzene rings is 2. The van der Waals surface area contributed by atoms with Crippen molar-refractivity contribution in [3.63, 3.8) is 0 Å². The van der Waals surface area contributed by atoms with Crippen LogP contribution in [-0.4, -0.2) is 13.2 Å². The second kappa shape index (κ2) is 6.08. The van der Waals surface area contributed by atoms with E-state index in [9.17, 15) is 0 Å². The van der Waals surface area contributed by atoms with Gasteiger partial charge in [0.05, 0.1) is 7.11 Å². The highest BCUT2D eigenvalue weighted by atomic mass is 35.5. The summed E-state index contributed by atoms with van der Waals surface area (Å²) in [6, 6.07) is 13.0. The molecule has 0 atom stereocenters. The summed E-state index contributed by atoms with van der Waals surface area (Å²) in [5.41, 5.74) is 4.78. The Morgan fingerprint density at radius 1 is 1.14 bits per heavy atom. The van der Waals surface area contributed by atoms with Gasteiger partial charge in [-0.05, 0) is 49.1 Å². The van der Waals surface area contributed by atoms with Gasteiger partial charge in [-0.1, -0.05) is 35.4 Å². The number of ether oxygens (including phenoxy) is 1. The third-order valence-electron chi connectivity index (χ3n) is 3.88. The standard InChI is InChI=1S/C18H20ClNO/c1-12-3-4-13(11-20-15-6-7-15)16(9-12)17-10-14(19)5-8-18(17)21-2/h3-5,8-10,15,20H,6-7,11H2,1-2H3. The van der Waals surface area contributed by atoms with E-state index in [1.165, 1.54) is 29.5 Å². The molecule has 2 aromatic carbocycles. The van der Waals surface area contributed by atoms with E-state index < -0.39 is 0 Å². The van der Waals surface area contributed by atoms with Crippen LogP contribution >= 0.6 is 11.6 Å². The molecule has 2 nitrogen and oxygen atoms in total. The lowest BCUT2D eigenvalue weighted by molar-refractivity contribution is 0.416. The Hall–Kier alpha value is -1.51. The highest BCUT2D eigenvalue weighted by Gasteiger charge is 2.21. The van der Waals surface area contributed by atoms with Crippen LogP contribution in [0.4, 0.5) is 0 Å². The van der Waals surface area contributed by atoms with Crippen molar-refractivity contribution >= 4 is 11.6 Å². The molecule has 1 aliphatic rings. The zero-order valence-electron chi connectivity index (χ0n) is 12.4. The van der Waals surface area contributed by atoms with Crippen LogP contribution < -0.4 is 10.1 Å². The Bertz CT molecular complexity index is 650. The number of methoxy groups -OCH3 is 1. The first kappa shape index (κ1) is 14.4. The van der Waals surface area contributed by atoms with Gasteiger partial charge in [-0.15, -0.1) is 0 Å². The van der Waals surface area contributed by atoms with Crippen molar-refractivity contribution in [2.24, 2.45) is 0 Å². The van der Waals surface area contributed by atoms with Gasteiger partial charge in [0.2, 0.25) is 0 Å². The Labute approximate surface area is 131 Å². The average molecular weight is 302 g/mol. The van der Waals surface area contributed by atoms with Crippen LogP contribution in [-0.2, 0) is 6.54 Å². The van der Waals surface area contributed by atoms with Crippen molar-refractivity contribution in [2.75, 3.05) is 7.11 Å². The third-order valence-corrected chi connectivity index (χ3v) is 4.11. The number of nitrogens with one attached hydrogen (secondary N) is 1. The fourth-order valence-corrected chi connectivity index (χ4v) is 2.70. The zero-order chi connectivity index (χ0) is 14.8. The van der Waals surface area contributed by atoms with Gasteiger partial charge in [-0.3, -0.25) is 0 Å². The van der Waals surface area contributed by atoms with Gasteiger partial charge in [0.25, 0.3) is 0 Å². The van der Waals surface area contributed by atoms with Crippen LogP contribution in [0.25, 0.3) is 11.1 Å². The van der Waals surface area contributed by atoms with E-state index >= 15 is 0 Å². The second-order valence-electron chi connectivity index (χ2n) is 5.66. The summed E-state index contributed by atoms with van der Waals surface area (Å²) in [7, 11) is 1.70. The van der Waals surface area contributed by atoms with Crippen LogP contribution in [0.5, 0.6) is 5.75 Å². The average Bonchev–Trinajstić information content (AvgIpc) is 3.30. The molecule has 0 unspecified atom stereocenters. The number of hydrogen-bond donors (Lipinski definition) is 1. The minimum Gasteiger partial charge on any atom is -0.496 e. The fraction of sp³-hybridized carbons (Fsp3) is 0.333. The summed E-state index contributed by atoms with van der Waals surface area (Å²) >= 11 is 6.18. The quantitative estimate of drug-likeness (QED) is 0.873. The molecule has 110 valence electrons. The zero-order valence-corrected chi connectivity index (χ0v) is 13.2. The minimum absolute atomic E-state index is 0.695. The molecule has 0 saturated heterocycles. The van der Waals surface area contributed by atoms with Crippen molar-refractivity contribution in [2.45, 2.75) is 32.4 Å². The van der Waals surface area contributed by atoms with Gasteiger partial charge in [0.1, 0.15) is 5.75 Å². The molecule has 1 N–H and O–H groups in total. The maximum Gasteiger partial charge on any atom is 0.126 e. The molecule has 0 radical (unpaired) electrons. The summed E-state index contributed by atoms with van der Waals surface area (Å²) in [6.45, 7) is 2.99. The summed E-state index contributed by atoms with van der Waals surface area (Å²) in [5, 5.41) is 4.31. The SMILES string of the molecule is COc1ccc(Cl)cc1-c1cc(C)ccc1CNC1CC1. The third kappa shape index (κ3) is 3.39. The van der Waals surface area contributed by atoms with Crippen molar-refractivity contribution in [3.8, 4) is 16.9 Å². The summed E-state index contributed by atoms with van der Waals surface area (Å²) in [5.74, 6) is 0.859. The second-order valence-corrected chi connectivity index (χ2v) is 6.10. The maximum atomic E-state index is 6.18. The highest BCUT2D eigenvalue weighted by molar-refractivity contribution is 6.31. The Balaban J connectivity index is 2.02. The van der Waals surface area contributed by atoms with Crippen molar-refractivity contribution in [1.29, 1.82) is 0 Å². The lowest BCUT2D eigenvalue weighted by Crippen LogP contribution is -2.16. The molecule has 0 heterocycles. The molecule has 1 saturated carbocycles. The smallest absolute Gasteiger partial charge is 0.126 e. The first-order chi connectivity index (χ1) is 10.2. The number of rotatable bonds is 5. The van der Waals surface area contributed by atoms with E-state index in [-0.39, 0.29) is 0 Å². The van der Waals surface area contributed by atoms with E-state index in [1.54, 1.807) is 7.11 Å². The molecule has 3 heteroatoms. The van der Waals surface area contributed by atoms with E-state index in [4.69, 9.17) is 16.3 Å². The van der Waals surface area contributed by atoms with Gasteiger partial charge in [0.15, 0.2) is 0 Å². The molecule has 0 aromatic heterocycles. The highest BCUT2D eigenvalue weighted by Crippen LogP contribution is 2.35. The number of halogens is 1. The van der Waals surface area contributed by atoms with Crippen LogP contribution in [0.15, 0.2) is 36.4 Å². The molecular weight excluding hydrogens is 282 g/mol. The van der Waals surface area contributed by atoms with E-state index in [2.05, 4.69) is 30.4 Å². The maximum absolute atomic E-state index is 6.18. The molecule has 0 amide bonds. The van der Waals surface area contributed by atoms with Crippen LogP contribution in [0.1, 0.15) is 24.0 Å². The predicted molar refractivity (Wildman–Crippen MR) is 88.0 cm³/mol. The van der Waals surface area contributed by atoms with Gasteiger partial charge < -0.3 is 10.1 Å². The molecule has 21 heavy (non-hydrogen) atoms. The molecule has 0 spiro atoms. The van der Waals surface area contributed by atoms with E-state index in [0.29, 0.717) is 6.04 Å². The first-order valence-electron chi connectivity index (χ1n) is 7.34. The van der Waals surface area contributed by atoms with Crippen LogP contribution in [0.2, 0.25) is 5.02 Å². The van der Waals surface area contributed by atoms with Crippen molar-refractivity contribution < 1.29 is 4.74 Å². The lowest BCUT2D eigenvalue weighted by Gasteiger charge is -2.15. The van der Waals surface area contributed by atoms with E-state index in [1.807, 2.05) is 18.2 Å². The summed E-state index contributed by atoms with van der Waals surface area (Å²) < 4.78 is 5.51. The van der Waals surface area contributed by atoms with Crippen molar-refractivity contribution in [3.05, 3.63) is 52.5 Å². The normalized spacial score (nSPS) is 14.2. The molecule has 0 aliphatic heterocycles. The van der Waals surface area contributed by atoms with Crippen LogP contribution in [0, 0.1) is 6.92 Å². The van der Waals surface area contributed by atoms with E-state index in [0.717, 1.165) is 22.9 Å². The van der Waals surface area contributed by atoms with Crippen molar-refractivity contribution in [1.82, 2.24) is 5.32 Å². The van der Waals surface area contributed by atoms with Crippen LogP contribution in [0.3, 0.4) is 0 Å². The molecule has 1 fully saturated rings. The Morgan fingerprint density at radius 3 is 2.67 bits per heavy atom. The van der Waals surface area contributed by atoms with Gasteiger partial charge in [-0.25, -0.2) is 0 Å². The molecule has 2 aromatic rings.